The number of esters is 1. The van der Waals surface area contributed by atoms with Gasteiger partial charge in [-0.25, -0.2) is 0 Å². The molecule has 1 fully saturated rings. The second-order valence-corrected chi connectivity index (χ2v) is 10.8. The average molecular weight is 515 g/mol. The Balaban J connectivity index is 2.24. The Kier molecular flexibility index (Phi) is 11.8. The first kappa shape index (κ1) is 28.1. The van der Waals surface area contributed by atoms with Crippen LogP contribution in [-0.2, 0) is 9.53 Å². The molecule has 1 aliphatic rings. The Morgan fingerprint density at radius 3 is 2.47 bits per heavy atom. The molecule has 1 amide bonds. The maximum absolute atomic E-state index is 13.5. The van der Waals surface area contributed by atoms with Crippen molar-refractivity contribution in [2.75, 3.05) is 38.9 Å². The van der Waals surface area contributed by atoms with E-state index < -0.39 is 4.92 Å². The molecule has 34 heavy (non-hydrogen) atoms. The number of nitrogens with zero attached hydrogens (tertiary/aromatic N) is 2. The number of nitro groups is 1. The number of carbonyl (C=O) groups is 2. The van der Waals surface area contributed by atoms with E-state index in [0.29, 0.717) is 19.4 Å². The lowest BCUT2D eigenvalue weighted by atomic mass is 10.1. The first-order chi connectivity index (χ1) is 16.4. The van der Waals surface area contributed by atoms with Crippen molar-refractivity contribution in [2.24, 2.45) is 0 Å². The number of amides is 1. The summed E-state index contributed by atoms with van der Waals surface area (Å²) >= 11 is 3.63. The molecule has 0 saturated carbocycles. The molecule has 1 heterocycles. The molecule has 1 aromatic carbocycles. The van der Waals surface area contributed by atoms with Crippen LogP contribution >= 0.6 is 23.5 Å². The summed E-state index contributed by atoms with van der Waals surface area (Å²) in [6, 6.07) is 2.70. The maximum Gasteiger partial charge on any atom is 0.305 e. The van der Waals surface area contributed by atoms with Crippen LogP contribution in [0.25, 0.3) is 0 Å². The van der Waals surface area contributed by atoms with Gasteiger partial charge in [0.1, 0.15) is 5.56 Å². The molecule has 0 unspecified atom stereocenters. The van der Waals surface area contributed by atoms with Gasteiger partial charge in [-0.05, 0) is 37.2 Å². The Hall–Kier alpha value is -2.14. The van der Waals surface area contributed by atoms with Crippen LogP contribution < -0.4 is 9.47 Å². The molecule has 0 bridgehead atoms. The van der Waals surface area contributed by atoms with E-state index in [-0.39, 0.29) is 58.3 Å². The lowest BCUT2D eigenvalue weighted by Crippen LogP contribution is -2.41. The van der Waals surface area contributed by atoms with E-state index >= 15 is 0 Å². The third-order valence-electron chi connectivity index (χ3n) is 5.51. The predicted molar refractivity (Wildman–Crippen MR) is 135 cm³/mol. The molecule has 1 atom stereocenters. The minimum absolute atomic E-state index is 0.00791. The van der Waals surface area contributed by atoms with E-state index in [1.165, 1.54) is 26.4 Å². The fourth-order valence-corrected chi connectivity index (χ4v) is 6.75. The van der Waals surface area contributed by atoms with Gasteiger partial charge in [-0.2, -0.15) is 0 Å². The third kappa shape index (κ3) is 7.43. The van der Waals surface area contributed by atoms with E-state index in [9.17, 15) is 19.7 Å². The number of hydrogen-bond acceptors (Lipinski definition) is 9. The van der Waals surface area contributed by atoms with Crippen LogP contribution in [0.3, 0.4) is 0 Å². The SMILES string of the molecule is CCSC(SCC)[C@@H]1CCCN1C(=O)c1cc(OC)c(OCCCCC(=O)OC)cc1[N+](=O)[O-]. The summed E-state index contributed by atoms with van der Waals surface area (Å²) in [6.07, 6.45) is 3.16. The van der Waals surface area contributed by atoms with Crippen molar-refractivity contribution in [3.8, 4) is 11.5 Å². The Morgan fingerprint density at radius 1 is 1.18 bits per heavy atom. The zero-order valence-electron chi connectivity index (χ0n) is 20.2. The molecular formula is C23H34N2O7S2. The molecule has 0 N–H and O–H groups in total. The zero-order chi connectivity index (χ0) is 25.1. The van der Waals surface area contributed by atoms with E-state index in [1.54, 1.807) is 4.90 Å². The molecule has 0 aromatic heterocycles. The summed E-state index contributed by atoms with van der Waals surface area (Å²) in [5.74, 6) is 1.69. The molecule has 0 radical (unpaired) electrons. The van der Waals surface area contributed by atoms with Crippen molar-refractivity contribution >= 4 is 41.1 Å². The van der Waals surface area contributed by atoms with Gasteiger partial charge in [-0.15, -0.1) is 23.5 Å². The molecule has 1 aromatic rings. The van der Waals surface area contributed by atoms with E-state index in [1.807, 2.05) is 23.5 Å². The topological polar surface area (TPSA) is 108 Å². The molecule has 9 nitrogen and oxygen atoms in total. The van der Waals surface area contributed by atoms with Gasteiger partial charge >= 0.3 is 5.97 Å². The van der Waals surface area contributed by atoms with Crippen LogP contribution in [0.4, 0.5) is 5.69 Å². The van der Waals surface area contributed by atoms with Crippen LogP contribution in [-0.4, -0.2) is 71.2 Å². The third-order valence-corrected chi connectivity index (χ3v) is 8.27. The van der Waals surface area contributed by atoms with Gasteiger partial charge in [-0.3, -0.25) is 19.7 Å². The molecule has 0 aliphatic carbocycles. The number of nitro benzene ring substituents is 1. The Bertz CT molecular complexity index is 847. The largest absolute Gasteiger partial charge is 0.493 e. The quantitative estimate of drug-likeness (QED) is 0.114. The summed E-state index contributed by atoms with van der Waals surface area (Å²) in [7, 11) is 2.77. The highest BCUT2D eigenvalue weighted by Gasteiger charge is 2.38. The van der Waals surface area contributed by atoms with Crippen molar-refractivity contribution in [2.45, 2.75) is 56.6 Å². The summed E-state index contributed by atoms with van der Waals surface area (Å²) in [5, 5.41) is 11.9. The summed E-state index contributed by atoms with van der Waals surface area (Å²) in [4.78, 5) is 37.9. The smallest absolute Gasteiger partial charge is 0.305 e. The van der Waals surface area contributed by atoms with E-state index in [4.69, 9.17) is 9.47 Å². The summed E-state index contributed by atoms with van der Waals surface area (Å²) in [5.41, 5.74) is -0.294. The number of methoxy groups -OCH3 is 2. The fraction of sp³-hybridized carbons (Fsp3) is 0.652. The second kappa shape index (κ2) is 14.3. The van der Waals surface area contributed by atoms with Gasteiger partial charge in [0.15, 0.2) is 11.5 Å². The van der Waals surface area contributed by atoms with Crippen LogP contribution in [0.1, 0.15) is 56.3 Å². The number of ether oxygens (including phenoxy) is 3. The van der Waals surface area contributed by atoms with Gasteiger partial charge < -0.3 is 19.1 Å². The van der Waals surface area contributed by atoms with Crippen LogP contribution in [0.15, 0.2) is 12.1 Å². The Labute approximate surface area is 209 Å². The summed E-state index contributed by atoms with van der Waals surface area (Å²) < 4.78 is 15.9. The van der Waals surface area contributed by atoms with Crippen molar-refractivity contribution in [3.63, 3.8) is 0 Å². The average Bonchev–Trinajstić information content (AvgIpc) is 3.32. The molecule has 1 saturated heterocycles. The van der Waals surface area contributed by atoms with Gasteiger partial charge in [-0.1, -0.05) is 13.8 Å². The first-order valence-electron chi connectivity index (χ1n) is 11.5. The van der Waals surface area contributed by atoms with Gasteiger partial charge in [0.05, 0.1) is 42.4 Å². The molecular weight excluding hydrogens is 480 g/mol. The number of hydrogen-bond donors (Lipinski definition) is 0. The highest BCUT2D eigenvalue weighted by molar-refractivity contribution is 8.17. The number of thioether (sulfide) groups is 2. The minimum atomic E-state index is -0.555. The number of unbranched alkanes of at least 4 members (excludes halogenated alkanes) is 1. The maximum atomic E-state index is 13.5. The second-order valence-electron chi connectivity index (χ2n) is 7.65. The minimum Gasteiger partial charge on any atom is -0.493 e. The van der Waals surface area contributed by atoms with Crippen LogP contribution in [0.2, 0.25) is 0 Å². The lowest BCUT2D eigenvalue weighted by molar-refractivity contribution is -0.385. The molecule has 0 spiro atoms. The van der Waals surface area contributed by atoms with Crippen molar-refractivity contribution in [3.05, 3.63) is 27.8 Å². The normalized spacial score (nSPS) is 15.4. The van der Waals surface area contributed by atoms with Gasteiger partial charge in [0, 0.05) is 19.0 Å². The number of rotatable bonds is 14. The molecule has 11 heteroatoms. The number of likely N-dealkylation sites (tertiary alicyclic amines) is 1. The number of carbonyl (C=O) groups excluding carboxylic acids is 2. The van der Waals surface area contributed by atoms with Gasteiger partial charge in [0.25, 0.3) is 11.6 Å². The first-order valence-corrected chi connectivity index (χ1v) is 13.6. The van der Waals surface area contributed by atoms with Crippen molar-refractivity contribution in [1.82, 2.24) is 4.90 Å². The van der Waals surface area contributed by atoms with Crippen molar-refractivity contribution in [1.29, 1.82) is 0 Å². The molecule has 2 rings (SSSR count). The summed E-state index contributed by atoms with van der Waals surface area (Å²) in [6.45, 7) is 5.01. The fourth-order valence-electron chi connectivity index (χ4n) is 3.88. The molecule has 190 valence electrons. The standard InChI is InChI=1S/C23H34N2O7S2/c1-5-33-23(34-6-2)17-10-9-12-24(17)22(27)16-14-19(30-3)20(15-18(16)25(28)29)32-13-8-7-11-21(26)31-4/h14-15,17,23H,5-13H2,1-4H3/t17-/m0/s1. The number of benzene rings is 1. The van der Waals surface area contributed by atoms with E-state index in [2.05, 4.69) is 18.6 Å². The molecule has 1 aliphatic heterocycles. The highest BCUT2D eigenvalue weighted by Crippen LogP contribution is 2.39. The Morgan fingerprint density at radius 2 is 1.88 bits per heavy atom. The monoisotopic (exact) mass is 514 g/mol. The van der Waals surface area contributed by atoms with Crippen LogP contribution in [0, 0.1) is 10.1 Å². The van der Waals surface area contributed by atoms with Gasteiger partial charge in [0.2, 0.25) is 0 Å². The van der Waals surface area contributed by atoms with Crippen LogP contribution in [0.5, 0.6) is 11.5 Å². The van der Waals surface area contributed by atoms with Crippen molar-refractivity contribution < 1.29 is 28.7 Å². The predicted octanol–water partition coefficient (Wildman–Crippen LogP) is 4.76. The highest BCUT2D eigenvalue weighted by atomic mass is 32.2. The van der Waals surface area contributed by atoms with E-state index in [0.717, 1.165) is 24.3 Å². The lowest BCUT2D eigenvalue weighted by Gasteiger charge is -2.31. The zero-order valence-corrected chi connectivity index (χ0v) is 21.9.